The number of furan rings is 1. The van der Waals surface area contributed by atoms with Crippen LogP contribution >= 0.6 is 0 Å². The fraction of sp³-hybridized carbons (Fsp3) is 0.467. The normalized spacial score (nSPS) is 16.2. The maximum atomic E-state index is 12.1. The summed E-state index contributed by atoms with van der Waals surface area (Å²) in [6.45, 7) is 1.82. The van der Waals surface area contributed by atoms with E-state index >= 15 is 0 Å². The summed E-state index contributed by atoms with van der Waals surface area (Å²) < 4.78 is 7.28. The summed E-state index contributed by atoms with van der Waals surface area (Å²) in [7, 11) is 0. The van der Waals surface area contributed by atoms with Crippen molar-refractivity contribution in [3.05, 3.63) is 35.9 Å². The molecule has 0 radical (unpaired) electrons. The van der Waals surface area contributed by atoms with Gasteiger partial charge in [-0.3, -0.25) is 4.79 Å². The second-order valence-electron chi connectivity index (χ2n) is 5.32. The SMILES string of the molecule is Cc1ccc(C(=O)Nc2ccnn2C2CCCCC2)o1. The lowest BCUT2D eigenvalue weighted by atomic mass is 9.96. The van der Waals surface area contributed by atoms with Crippen LogP contribution in [0, 0.1) is 6.92 Å². The highest BCUT2D eigenvalue weighted by Gasteiger charge is 2.20. The average Bonchev–Trinajstić information content (AvgIpc) is 3.09. The third kappa shape index (κ3) is 2.61. The zero-order valence-electron chi connectivity index (χ0n) is 11.6. The highest BCUT2D eigenvalue weighted by atomic mass is 16.3. The predicted octanol–water partition coefficient (Wildman–Crippen LogP) is 3.54. The number of hydrogen-bond acceptors (Lipinski definition) is 3. The first-order valence-electron chi connectivity index (χ1n) is 7.15. The van der Waals surface area contributed by atoms with Crippen LogP contribution in [0.5, 0.6) is 0 Å². The van der Waals surface area contributed by atoms with Crippen LogP contribution in [0.2, 0.25) is 0 Å². The average molecular weight is 273 g/mol. The Balaban J connectivity index is 1.74. The summed E-state index contributed by atoms with van der Waals surface area (Å²) in [6.07, 6.45) is 7.75. The van der Waals surface area contributed by atoms with Gasteiger partial charge in [0.2, 0.25) is 0 Å². The minimum absolute atomic E-state index is 0.226. The number of amides is 1. The van der Waals surface area contributed by atoms with Crippen molar-refractivity contribution < 1.29 is 9.21 Å². The van der Waals surface area contributed by atoms with E-state index < -0.39 is 0 Å². The standard InChI is InChI=1S/C15H19N3O2/c1-11-7-8-13(20-11)15(19)17-14-9-10-16-18(14)12-5-3-2-4-6-12/h7-10,12H,2-6H2,1H3,(H,17,19). The number of carbonyl (C=O) groups is 1. The Labute approximate surface area is 118 Å². The van der Waals surface area contributed by atoms with Gasteiger partial charge in [-0.2, -0.15) is 5.10 Å². The van der Waals surface area contributed by atoms with Crippen LogP contribution in [0.3, 0.4) is 0 Å². The molecule has 2 aromatic rings. The van der Waals surface area contributed by atoms with Crippen LogP contribution in [-0.4, -0.2) is 15.7 Å². The minimum Gasteiger partial charge on any atom is -0.456 e. The van der Waals surface area contributed by atoms with Crippen molar-refractivity contribution in [2.24, 2.45) is 0 Å². The molecule has 1 fully saturated rings. The Bertz CT molecular complexity index is 594. The first kappa shape index (κ1) is 13.0. The summed E-state index contributed by atoms with van der Waals surface area (Å²) in [5.41, 5.74) is 0. The van der Waals surface area contributed by atoms with Crippen LogP contribution in [0.15, 0.2) is 28.8 Å². The zero-order valence-corrected chi connectivity index (χ0v) is 11.6. The van der Waals surface area contributed by atoms with E-state index in [1.54, 1.807) is 18.3 Å². The van der Waals surface area contributed by atoms with E-state index in [4.69, 9.17) is 4.42 Å². The quantitative estimate of drug-likeness (QED) is 0.930. The maximum Gasteiger partial charge on any atom is 0.292 e. The molecule has 0 atom stereocenters. The smallest absolute Gasteiger partial charge is 0.292 e. The number of rotatable bonds is 3. The minimum atomic E-state index is -0.226. The molecule has 0 aromatic carbocycles. The van der Waals surface area contributed by atoms with E-state index in [9.17, 15) is 4.79 Å². The van der Waals surface area contributed by atoms with Gasteiger partial charge in [-0.05, 0) is 31.9 Å². The summed E-state index contributed by atoms with van der Waals surface area (Å²) in [4.78, 5) is 12.1. The predicted molar refractivity (Wildman–Crippen MR) is 75.7 cm³/mol. The molecular formula is C15H19N3O2. The molecule has 1 aliphatic rings. The molecular weight excluding hydrogens is 254 g/mol. The number of nitrogens with one attached hydrogen (secondary N) is 1. The highest BCUT2D eigenvalue weighted by molar-refractivity contribution is 6.01. The molecule has 106 valence electrons. The molecule has 0 bridgehead atoms. The van der Waals surface area contributed by atoms with Gasteiger partial charge in [0.05, 0.1) is 12.2 Å². The molecule has 3 rings (SSSR count). The Morgan fingerprint density at radius 3 is 2.80 bits per heavy atom. The van der Waals surface area contributed by atoms with Gasteiger partial charge >= 0.3 is 0 Å². The maximum absolute atomic E-state index is 12.1. The molecule has 5 nitrogen and oxygen atoms in total. The van der Waals surface area contributed by atoms with Crippen LogP contribution in [0.1, 0.15) is 54.5 Å². The van der Waals surface area contributed by atoms with E-state index in [1.807, 2.05) is 17.7 Å². The molecule has 1 aliphatic carbocycles. The van der Waals surface area contributed by atoms with E-state index in [0.29, 0.717) is 11.8 Å². The third-order valence-electron chi connectivity index (χ3n) is 3.80. The van der Waals surface area contributed by atoms with Gasteiger partial charge in [0.15, 0.2) is 5.76 Å². The summed E-state index contributed by atoms with van der Waals surface area (Å²) >= 11 is 0. The molecule has 1 saturated carbocycles. The fourth-order valence-corrected chi connectivity index (χ4v) is 2.76. The molecule has 1 N–H and O–H groups in total. The Kier molecular flexibility index (Phi) is 3.58. The van der Waals surface area contributed by atoms with E-state index in [2.05, 4.69) is 10.4 Å². The number of nitrogens with zero attached hydrogens (tertiary/aromatic N) is 2. The van der Waals surface area contributed by atoms with Crippen molar-refractivity contribution in [1.29, 1.82) is 0 Å². The second-order valence-corrected chi connectivity index (χ2v) is 5.32. The molecule has 5 heteroatoms. The summed E-state index contributed by atoms with van der Waals surface area (Å²) in [6, 6.07) is 5.70. The van der Waals surface area contributed by atoms with Gasteiger partial charge in [-0.15, -0.1) is 0 Å². The molecule has 0 spiro atoms. The summed E-state index contributed by atoms with van der Waals surface area (Å²) in [5, 5.41) is 7.25. The van der Waals surface area contributed by atoms with Crippen molar-refractivity contribution in [2.75, 3.05) is 5.32 Å². The number of anilines is 1. The lowest BCUT2D eigenvalue weighted by molar-refractivity contribution is 0.0994. The largest absolute Gasteiger partial charge is 0.456 e. The number of carbonyl (C=O) groups excluding carboxylic acids is 1. The lowest BCUT2D eigenvalue weighted by Crippen LogP contribution is -2.20. The van der Waals surface area contributed by atoms with Crippen molar-refractivity contribution in [3.63, 3.8) is 0 Å². The first-order chi connectivity index (χ1) is 9.74. The third-order valence-corrected chi connectivity index (χ3v) is 3.80. The van der Waals surface area contributed by atoms with Gasteiger partial charge in [-0.1, -0.05) is 19.3 Å². The van der Waals surface area contributed by atoms with Gasteiger partial charge in [0.25, 0.3) is 5.91 Å². The molecule has 1 amide bonds. The van der Waals surface area contributed by atoms with Gasteiger partial charge in [0.1, 0.15) is 11.6 Å². The van der Waals surface area contributed by atoms with Crippen molar-refractivity contribution in [2.45, 2.75) is 45.1 Å². The number of hydrogen-bond donors (Lipinski definition) is 1. The van der Waals surface area contributed by atoms with Crippen molar-refractivity contribution in [1.82, 2.24) is 9.78 Å². The molecule has 2 aromatic heterocycles. The monoisotopic (exact) mass is 273 g/mol. The van der Waals surface area contributed by atoms with E-state index in [1.165, 1.54) is 19.3 Å². The van der Waals surface area contributed by atoms with Crippen LogP contribution in [0.4, 0.5) is 5.82 Å². The van der Waals surface area contributed by atoms with Crippen LogP contribution in [0.25, 0.3) is 0 Å². The molecule has 2 heterocycles. The molecule has 0 aliphatic heterocycles. The van der Waals surface area contributed by atoms with Crippen LogP contribution < -0.4 is 5.32 Å². The zero-order chi connectivity index (χ0) is 13.9. The Morgan fingerprint density at radius 2 is 2.10 bits per heavy atom. The van der Waals surface area contributed by atoms with Crippen LogP contribution in [-0.2, 0) is 0 Å². The van der Waals surface area contributed by atoms with E-state index in [0.717, 1.165) is 24.4 Å². The fourth-order valence-electron chi connectivity index (χ4n) is 2.76. The Morgan fingerprint density at radius 1 is 1.30 bits per heavy atom. The molecule has 20 heavy (non-hydrogen) atoms. The second kappa shape index (κ2) is 5.53. The number of aryl methyl sites for hydroxylation is 1. The summed E-state index contributed by atoms with van der Waals surface area (Å²) in [5.74, 6) is 1.58. The van der Waals surface area contributed by atoms with Crippen molar-refractivity contribution >= 4 is 11.7 Å². The molecule has 0 unspecified atom stereocenters. The number of aromatic nitrogens is 2. The van der Waals surface area contributed by atoms with Gasteiger partial charge in [-0.25, -0.2) is 4.68 Å². The first-order valence-corrected chi connectivity index (χ1v) is 7.15. The van der Waals surface area contributed by atoms with Crippen molar-refractivity contribution in [3.8, 4) is 0 Å². The van der Waals surface area contributed by atoms with Gasteiger partial charge in [0, 0.05) is 6.07 Å². The van der Waals surface area contributed by atoms with Gasteiger partial charge < -0.3 is 9.73 Å². The Hall–Kier alpha value is -2.04. The topological polar surface area (TPSA) is 60.1 Å². The van der Waals surface area contributed by atoms with E-state index in [-0.39, 0.29) is 5.91 Å². The lowest BCUT2D eigenvalue weighted by Gasteiger charge is -2.23. The molecule has 0 saturated heterocycles. The highest BCUT2D eigenvalue weighted by Crippen LogP contribution is 2.30.